The first-order chi connectivity index (χ1) is 8.18. The van der Waals surface area contributed by atoms with E-state index in [1.54, 1.807) is 11.9 Å². The van der Waals surface area contributed by atoms with E-state index < -0.39 is 0 Å². The fourth-order valence-corrected chi connectivity index (χ4v) is 3.26. The van der Waals surface area contributed by atoms with Gasteiger partial charge in [-0.1, -0.05) is 29.8 Å². The molecule has 1 aliphatic heterocycles. The van der Waals surface area contributed by atoms with Crippen molar-refractivity contribution in [3.8, 4) is 0 Å². The van der Waals surface area contributed by atoms with E-state index in [9.17, 15) is 4.79 Å². The Morgan fingerprint density at radius 2 is 2.18 bits per heavy atom. The van der Waals surface area contributed by atoms with Gasteiger partial charge in [-0.2, -0.15) is 0 Å². The van der Waals surface area contributed by atoms with E-state index in [1.807, 2.05) is 24.3 Å². The third kappa shape index (κ3) is 1.59. The van der Waals surface area contributed by atoms with Crippen LogP contribution in [0.5, 0.6) is 0 Å². The molecule has 0 fully saturated rings. The second-order valence-electron chi connectivity index (χ2n) is 3.84. The van der Waals surface area contributed by atoms with E-state index in [-0.39, 0.29) is 5.91 Å². The first-order valence-corrected chi connectivity index (χ1v) is 6.52. The number of carbonyl (C=O) groups excluding carboxylic acids is 1. The normalized spacial score (nSPS) is 15.2. The number of anilines is 1. The lowest BCUT2D eigenvalue weighted by molar-refractivity contribution is -0.116. The zero-order valence-electron chi connectivity index (χ0n) is 9.11. The molecule has 5 heteroatoms. The molecule has 2 heterocycles. The molecular formula is C12H9ClN2OS. The zero-order valence-corrected chi connectivity index (χ0v) is 10.7. The van der Waals surface area contributed by atoms with E-state index in [0.717, 1.165) is 15.8 Å². The molecule has 17 heavy (non-hydrogen) atoms. The Bertz CT molecular complexity index is 629. The van der Waals surface area contributed by atoms with Crippen molar-refractivity contribution >= 4 is 46.0 Å². The molecule has 0 unspecified atom stereocenters. The minimum atomic E-state index is 0.0568. The molecule has 0 spiro atoms. The molecule has 0 atom stereocenters. The monoisotopic (exact) mass is 264 g/mol. The van der Waals surface area contributed by atoms with Gasteiger partial charge in [0.05, 0.1) is 21.2 Å². The lowest BCUT2D eigenvalue weighted by Crippen LogP contribution is -2.32. The van der Waals surface area contributed by atoms with Crippen LogP contribution in [0.1, 0.15) is 0 Å². The van der Waals surface area contributed by atoms with Crippen LogP contribution in [0.2, 0.25) is 5.02 Å². The van der Waals surface area contributed by atoms with Crippen LogP contribution in [-0.4, -0.2) is 23.7 Å². The number of fused-ring (bicyclic) bond motifs is 2. The molecule has 0 aliphatic carbocycles. The number of thioether (sulfide) groups is 1. The number of halogens is 1. The van der Waals surface area contributed by atoms with Crippen LogP contribution in [-0.2, 0) is 4.79 Å². The largest absolute Gasteiger partial charge is 0.298 e. The minimum Gasteiger partial charge on any atom is -0.298 e. The third-order valence-electron chi connectivity index (χ3n) is 2.80. The number of pyridine rings is 1. The highest BCUT2D eigenvalue weighted by Gasteiger charge is 2.26. The second-order valence-corrected chi connectivity index (χ2v) is 5.20. The van der Waals surface area contributed by atoms with Gasteiger partial charge in [0, 0.05) is 12.4 Å². The van der Waals surface area contributed by atoms with Crippen molar-refractivity contribution < 1.29 is 4.79 Å². The summed E-state index contributed by atoms with van der Waals surface area (Å²) in [5.41, 5.74) is 0.818. The molecule has 1 aromatic carbocycles. The number of aromatic nitrogens is 1. The summed E-state index contributed by atoms with van der Waals surface area (Å²) in [7, 11) is 1.74. The molecule has 0 N–H and O–H groups in total. The van der Waals surface area contributed by atoms with Gasteiger partial charge in [0.1, 0.15) is 0 Å². The van der Waals surface area contributed by atoms with E-state index in [2.05, 4.69) is 4.98 Å². The van der Waals surface area contributed by atoms with Crippen molar-refractivity contribution in [2.45, 2.75) is 4.90 Å². The summed E-state index contributed by atoms with van der Waals surface area (Å²) in [6, 6.07) is 7.70. The Morgan fingerprint density at radius 3 is 3.00 bits per heavy atom. The molecule has 2 aromatic rings. The summed E-state index contributed by atoms with van der Waals surface area (Å²) in [4.78, 5) is 18.6. The van der Waals surface area contributed by atoms with Crippen LogP contribution in [0.4, 0.5) is 5.82 Å². The fourth-order valence-electron chi connectivity index (χ4n) is 1.85. The van der Waals surface area contributed by atoms with Crippen molar-refractivity contribution in [3.05, 3.63) is 29.3 Å². The van der Waals surface area contributed by atoms with Crippen molar-refractivity contribution in [1.29, 1.82) is 0 Å². The molecule has 3 rings (SSSR count). The van der Waals surface area contributed by atoms with Crippen LogP contribution in [0.25, 0.3) is 10.9 Å². The number of amides is 1. The van der Waals surface area contributed by atoms with Crippen molar-refractivity contribution in [1.82, 2.24) is 4.98 Å². The number of rotatable bonds is 0. The Kier molecular flexibility index (Phi) is 2.49. The van der Waals surface area contributed by atoms with Gasteiger partial charge in [-0.15, -0.1) is 11.8 Å². The summed E-state index contributed by atoms with van der Waals surface area (Å²) in [6.07, 6.45) is 0. The maximum absolute atomic E-state index is 11.6. The highest BCUT2D eigenvalue weighted by Crippen LogP contribution is 2.41. The van der Waals surface area contributed by atoms with Gasteiger partial charge < -0.3 is 0 Å². The van der Waals surface area contributed by atoms with Crippen LogP contribution >= 0.6 is 23.4 Å². The summed E-state index contributed by atoms with van der Waals surface area (Å²) in [6.45, 7) is 0. The molecule has 0 bridgehead atoms. The summed E-state index contributed by atoms with van der Waals surface area (Å²) in [5.74, 6) is 1.14. The number of hydrogen-bond donors (Lipinski definition) is 0. The Balaban J connectivity index is 2.35. The van der Waals surface area contributed by atoms with E-state index in [0.29, 0.717) is 16.6 Å². The molecule has 1 amide bonds. The van der Waals surface area contributed by atoms with Gasteiger partial charge >= 0.3 is 0 Å². The average Bonchev–Trinajstić information content (AvgIpc) is 2.35. The fraction of sp³-hybridized carbons (Fsp3) is 0.167. The van der Waals surface area contributed by atoms with Crippen LogP contribution in [0.15, 0.2) is 29.2 Å². The van der Waals surface area contributed by atoms with Gasteiger partial charge in [-0.05, 0) is 6.07 Å². The van der Waals surface area contributed by atoms with Crippen molar-refractivity contribution in [2.75, 3.05) is 17.7 Å². The van der Waals surface area contributed by atoms with Crippen LogP contribution in [0, 0.1) is 0 Å². The molecule has 1 aromatic heterocycles. The number of hydrogen-bond acceptors (Lipinski definition) is 3. The maximum Gasteiger partial charge on any atom is 0.238 e. The van der Waals surface area contributed by atoms with Gasteiger partial charge in [0.2, 0.25) is 5.91 Å². The standard InChI is InChI=1S/C12H9ClN2OS/c1-15-9(16)6-17-11-10(13)7-4-2-3-5-8(7)14-12(11)15/h2-5H,6H2,1H3. The number of nitrogens with zero attached hydrogens (tertiary/aromatic N) is 2. The summed E-state index contributed by atoms with van der Waals surface area (Å²) in [5, 5.41) is 1.62. The SMILES string of the molecule is CN1C(=O)CSc2c1nc1ccccc1c2Cl. The quantitative estimate of drug-likeness (QED) is 0.733. The van der Waals surface area contributed by atoms with E-state index in [1.165, 1.54) is 11.8 Å². The van der Waals surface area contributed by atoms with Crippen LogP contribution in [0.3, 0.4) is 0 Å². The van der Waals surface area contributed by atoms with Gasteiger partial charge in [0.25, 0.3) is 0 Å². The van der Waals surface area contributed by atoms with Gasteiger partial charge in [-0.3, -0.25) is 9.69 Å². The van der Waals surface area contributed by atoms with E-state index >= 15 is 0 Å². The predicted molar refractivity (Wildman–Crippen MR) is 70.9 cm³/mol. The first kappa shape index (κ1) is 10.9. The smallest absolute Gasteiger partial charge is 0.238 e. The summed E-state index contributed by atoms with van der Waals surface area (Å²) < 4.78 is 0. The minimum absolute atomic E-state index is 0.0568. The molecule has 1 aliphatic rings. The van der Waals surface area contributed by atoms with Crippen LogP contribution < -0.4 is 4.90 Å². The molecule has 86 valence electrons. The molecule has 0 saturated heterocycles. The number of benzene rings is 1. The highest BCUT2D eigenvalue weighted by molar-refractivity contribution is 8.00. The van der Waals surface area contributed by atoms with Crippen molar-refractivity contribution in [3.63, 3.8) is 0 Å². The first-order valence-electron chi connectivity index (χ1n) is 5.16. The lowest BCUT2D eigenvalue weighted by Gasteiger charge is -2.25. The second kappa shape index (κ2) is 3.89. The van der Waals surface area contributed by atoms with Gasteiger partial charge in [-0.25, -0.2) is 4.98 Å². The average molecular weight is 265 g/mol. The lowest BCUT2D eigenvalue weighted by atomic mass is 10.2. The van der Waals surface area contributed by atoms with Crippen molar-refractivity contribution in [2.24, 2.45) is 0 Å². The molecular weight excluding hydrogens is 256 g/mol. The Labute approximate surface area is 108 Å². The third-order valence-corrected chi connectivity index (χ3v) is 4.37. The number of carbonyl (C=O) groups is 1. The van der Waals surface area contributed by atoms with E-state index in [4.69, 9.17) is 11.6 Å². The molecule has 0 saturated carbocycles. The van der Waals surface area contributed by atoms with Gasteiger partial charge in [0.15, 0.2) is 5.82 Å². The highest BCUT2D eigenvalue weighted by atomic mass is 35.5. The molecule has 3 nitrogen and oxygen atoms in total. The predicted octanol–water partition coefficient (Wildman–Crippen LogP) is 2.96. The summed E-state index contributed by atoms with van der Waals surface area (Å²) >= 11 is 7.83. The maximum atomic E-state index is 11.6. The zero-order chi connectivity index (χ0) is 12.0. The molecule has 0 radical (unpaired) electrons. The number of para-hydroxylation sites is 1. The Hall–Kier alpha value is -1.26. The topological polar surface area (TPSA) is 33.2 Å². The Morgan fingerprint density at radius 1 is 1.41 bits per heavy atom.